The molecule has 0 radical (unpaired) electrons. The van der Waals surface area contributed by atoms with Gasteiger partial charge in [-0.05, 0) is 57.0 Å². The fraction of sp³-hybridized carbons (Fsp3) is 0.533. The zero-order valence-electron chi connectivity index (χ0n) is 11.6. The van der Waals surface area contributed by atoms with E-state index in [1.54, 1.807) is 24.3 Å². The third-order valence-corrected chi connectivity index (χ3v) is 4.79. The maximum atomic E-state index is 12.0. The van der Waals surface area contributed by atoms with E-state index in [1.165, 1.54) is 12.8 Å². The summed E-state index contributed by atoms with van der Waals surface area (Å²) >= 11 is 5.82. The number of urea groups is 1. The Morgan fingerprint density at radius 3 is 2.40 bits per heavy atom. The number of halogens is 1. The van der Waals surface area contributed by atoms with Gasteiger partial charge in [0.15, 0.2) is 0 Å². The largest absolute Gasteiger partial charge is 0.335 e. The van der Waals surface area contributed by atoms with Crippen molar-refractivity contribution < 1.29 is 4.79 Å². The van der Waals surface area contributed by atoms with E-state index >= 15 is 0 Å². The van der Waals surface area contributed by atoms with Gasteiger partial charge in [-0.15, -0.1) is 0 Å². The molecular weight excluding hydrogens is 274 g/mol. The van der Waals surface area contributed by atoms with Crippen molar-refractivity contribution in [2.75, 3.05) is 12.4 Å². The average molecular weight is 294 g/mol. The van der Waals surface area contributed by atoms with Gasteiger partial charge in [-0.25, -0.2) is 4.79 Å². The van der Waals surface area contributed by atoms with Gasteiger partial charge < -0.3 is 15.5 Å². The van der Waals surface area contributed by atoms with Crippen molar-refractivity contribution in [2.45, 2.75) is 43.8 Å². The molecule has 0 saturated carbocycles. The number of nitrogens with one attached hydrogen (secondary N) is 2. The van der Waals surface area contributed by atoms with E-state index in [-0.39, 0.29) is 12.1 Å². The number of hydrogen-bond acceptors (Lipinski definition) is 2. The number of carbonyl (C=O) groups is 1. The smallest absolute Gasteiger partial charge is 0.319 e. The summed E-state index contributed by atoms with van der Waals surface area (Å²) in [7, 11) is 2.20. The molecule has 2 fully saturated rings. The molecular formula is C15H20ClN3O. The van der Waals surface area contributed by atoms with Gasteiger partial charge in [0.05, 0.1) is 0 Å². The van der Waals surface area contributed by atoms with Crippen LogP contribution in [0.5, 0.6) is 0 Å². The summed E-state index contributed by atoms with van der Waals surface area (Å²) in [4.78, 5) is 14.5. The summed E-state index contributed by atoms with van der Waals surface area (Å²) in [5, 5.41) is 6.62. The van der Waals surface area contributed by atoms with Crippen LogP contribution in [0.2, 0.25) is 5.02 Å². The first-order valence-corrected chi connectivity index (χ1v) is 7.54. The van der Waals surface area contributed by atoms with E-state index < -0.39 is 0 Å². The van der Waals surface area contributed by atoms with Crippen LogP contribution in [0.25, 0.3) is 0 Å². The second-order valence-electron chi connectivity index (χ2n) is 5.82. The Hall–Kier alpha value is -1.26. The zero-order valence-corrected chi connectivity index (χ0v) is 12.4. The highest BCUT2D eigenvalue weighted by Gasteiger charge is 2.38. The molecule has 20 heavy (non-hydrogen) atoms. The van der Waals surface area contributed by atoms with Gasteiger partial charge in [0.2, 0.25) is 0 Å². The van der Waals surface area contributed by atoms with Crippen LogP contribution < -0.4 is 10.6 Å². The maximum Gasteiger partial charge on any atom is 0.319 e. The normalized spacial score (nSPS) is 29.2. The fourth-order valence-electron chi connectivity index (χ4n) is 3.42. The van der Waals surface area contributed by atoms with Crippen LogP contribution in [0, 0.1) is 0 Å². The standard InChI is InChI=1S/C15H20ClN3O/c1-19-13-6-7-14(19)9-12(8-13)18-15(20)17-11-4-2-10(16)3-5-11/h2-5,12-14H,6-9H2,1H3,(H2,17,18,20)/t12?,13-,14+. The summed E-state index contributed by atoms with van der Waals surface area (Å²) in [5.41, 5.74) is 0.766. The molecule has 2 aliphatic rings. The molecule has 2 aliphatic heterocycles. The molecule has 2 saturated heterocycles. The Labute approximate surface area is 124 Å². The summed E-state index contributed by atoms with van der Waals surface area (Å²) in [6.45, 7) is 0. The van der Waals surface area contributed by atoms with Crippen molar-refractivity contribution >= 4 is 23.3 Å². The van der Waals surface area contributed by atoms with Crippen LogP contribution >= 0.6 is 11.6 Å². The summed E-state index contributed by atoms with van der Waals surface area (Å²) in [6, 6.07) is 8.59. The maximum absolute atomic E-state index is 12.0. The molecule has 2 amide bonds. The van der Waals surface area contributed by atoms with Gasteiger partial charge in [-0.2, -0.15) is 0 Å². The molecule has 0 aromatic heterocycles. The first kappa shape index (κ1) is 13.7. The SMILES string of the molecule is CN1[C@@H]2CC[C@H]1CC(NC(=O)Nc1ccc(Cl)cc1)C2. The number of hydrogen-bond donors (Lipinski definition) is 2. The Morgan fingerprint density at radius 1 is 1.20 bits per heavy atom. The van der Waals surface area contributed by atoms with E-state index in [0.717, 1.165) is 18.5 Å². The van der Waals surface area contributed by atoms with Gasteiger partial charge in [0.1, 0.15) is 0 Å². The Morgan fingerprint density at radius 2 is 1.80 bits per heavy atom. The number of nitrogens with zero attached hydrogens (tertiary/aromatic N) is 1. The lowest BCUT2D eigenvalue weighted by atomic mass is 9.98. The number of fused-ring (bicyclic) bond motifs is 2. The molecule has 5 heteroatoms. The van der Waals surface area contributed by atoms with Crippen LogP contribution in [-0.4, -0.2) is 36.1 Å². The number of piperidine rings is 1. The van der Waals surface area contributed by atoms with E-state index in [9.17, 15) is 4.79 Å². The van der Waals surface area contributed by atoms with Crippen molar-refractivity contribution in [2.24, 2.45) is 0 Å². The van der Waals surface area contributed by atoms with Gasteiger partial charge >= 0.3 is 6.03 Å². The molecule has 4 nitrogen and oxygen atoms in total. The molecule has 1 aromatic carbocycles. The zero-order chi connectivity index (χ0) is 14.1. The number of rotatable bonds is 2. The first-order chi connectivity index (χ1) is 9.61. The van der Waals surface area contributed by atoms with Crippen molar-refractivity contribution in [3.63, 3.8) is 0 Å². The molecule has 3 rings (SSSR count). The van der Waals surface area contributed by atoms with Crippen LogP contribution in [0.4, 0.5) is 10.5 Å². The van der Waals surface area contributed by atoms with Crippen LogP contribution in [0.1, 0.15) is 25.7 Å². The first-order valence-electron chi connectivity index (χ1n) is 7.17. The molecule has 0 spiro atoms. The summed E-state index contributed by atoms with van der Waals surface area (Å²) in [5.74, 6) is 0. The molecule has 1 aromatic rings. The van der Waals surface area contributed by atoms with E-state index in [1.807, 2.05) is 0 Å². The number of benzene rings is 1. The topological polar surface area (TPSA) is 44.4 Å². The molecule has 3 atom stereocenters. The van der Waals surface area contributed by atoms with E-state index in [0.29, 0.717) is 17.1 Å². The number of carbonyl (C=O) groups excluding carboxylic acids is 1. The van der Waals surface area contributed by atoms with Crippen LogP contribution in [-0.2, 0) is 0 Å². The minimum absolute atomic E-state index is 0.124. The second kappa shape index (κ2) is 5.62. The molecule has 1 unspecified atom stereocenters. The minimum atomic E-state index is -0.124. The molecule has 0 aliphatic carbocycles. The fourth-order valence-corrected chi connectivity index (χ4v) is 3.54. The highest BCUT2D eigenvalue weighted by molar-refractivity contribution is 6.30. The summed E-state index contributed by atoms with van der Waals surface area (Å²) in [6.07, 6.45) is 4.64. The minimum Gasteiger partial charge on any atom is -0.335 e. The summed E-state index contributed by atoms with van der Waals surface area (Å²) < 4.78 is 0. The molecule has 2 bridgehead atoms. The highest BCUT2D eigenvalue weighted by Crippen LogP contribution is 2.34. The van der Waals surface area contributed by atoms with Crippen molar-refractivity contribution in [3.8, 4) is 0 Å². The molecule has 2 heterocycles. The van der Waals surface area contributed by atoms with Crippen molar-refractivity contribution in [1.29, 1.82) is 0 Å². The monoisotopic (exact) mass is 293 g/mol. The quantitative estimate of drug-likeness (QED) is 0.880. The van der Waals surface area contributed by atoms with Crippen LogP contribution in [0.3, 0.4) is 0 Å². The lowest BCUT2D eigenvalue weighted by Crippen LogP contribution is -2.49. The Balaban J connectivity index is 1.53. The van der Waals surface area contributed by atoms with Crippen molar-refractivity contribution in [1.82, 2.24) is 10.2 Å². The Bertz CT molecular complexity index is 476. The van der Waals surface area contributed by atoms with E-state index in [4.69, 9.17) is 11.6 Å². The number of amides is 2. The van der Waals surface area contributed by atoms with E-state index in [2.05, 4.69) is 22.6 Å². The van der Waals surface area contributed by atoms with Gasteiger partial charge in [-0.3, -0.25) is 0 Å². The predicted molar refractivity (Wildman–Crippen MR) is 81.2 cm³/mol. The van der Waals surface area contributed by atoms with Gasteiger partial charge in [0, 0.05) is 28.8 Å². The number of anilines is 1. The van der Waals surface area contributed by atoms with Gasteiger partial charge in [-0.1, -0.05) is 11.6 Å². The third-order valence-electron chi connectivity index (χ3n) is 4.54. The lowest BCUT2D eigenvalue weighted by Gasteiger charge is -2.36. The lowest BCUT2D eigenvalue weighted by molar-refractivity contribution is 0.151. The predicted octanol–water partition coefficient (Wildman–Crippen LogP) is 3.09. The van der Waals surface area contributed by atoms with Crippen LogP contribution in [0.15, 0.2) is 24.3 Å². The molecule has 108 valence electrons. The molecule has 2 N–H and O–H groups in total. The van der Waals surface area contributed by atoms with Crippen molar-refractivity contribution in [3.05, 3.63) is 29.3 Å². The average Bonchev–Trinajstić information content (AvgIpc) is 2.64. The third kappa shape index (κ3) is 2.91. The second-order valence-corrected chi connectivity index (χ2v) is 6.26. The highest BCUT2D eigenvalue weighted by atomic mass is 35.5. The Kier molecular flexibility index (Phi) is 3.85. The van der Waals surface area contributed by atoms with Gasteiger partial charge in [0.25, 0.3) is 0 Å².